The Bertz CT molecular complexity index is 1190. The van der Waals surface area contributed by atoms with Crippen LogP contribution in [-0.2, 0) is 20.8 Å². The number of carbonyl (C=O) groups excluding carboxylic acids is 2. The summed E-state index contributed by atoms with van der Waals surface area (Å²) in [6.07, 6.45) is 1.88. The Balaban J connectivity index is 1.86. The molecule has 4 rings (SSSR count). The largest absolute Gasteiger partial charge is 0.480 e. The summed E-state index contributed by atoms with van der Waals surface area (Å²) in [6.45, 7) is 3.71. The van der Waals surface area contributed by atoms with Crippen LogP contribution in [-0.4, -0.2) is 44.8 Å². The molecule has 176 valence electrons. The van der Waals surface area contributed by atoms with Gasteiger partial charge in [-0.15, -0.1) is 6.58 Å². The summed E-state index contributed by atoms with van der Waals surface area (Å²) >= 11 is 5.96. The van der Waals surface area contributed by atoms with Crippen LogP contribution in [0.2, 0.25) is 5.02 Å². The molecule has 2 aromatic rings. The van der Waals surface area contributed by atoms with E-state index in [2.05, 4.69) is 11.9 Å². The van der Waals surface area contributed by atoms with Crippen molar-refractivity contribution in [1.29, 1.82) is 0 Å². The highest BCUT2D eigenvalue weighted by molar-refractivity contribution is 6.32. The minimum absolute atomic E-state index is 0.0508. The van der Waals surface area contributed by atoms with E-state index in [1.54, 1.807) is 36.4 Å². The molecule has 9 nitrogen and oxygen atoms in total. The van der Waals surface area contributed by atoms with Crippen LogP contribution in [0, 0.1) is 22.0 Å². The van der Waals surface area contributed by atoms with Gasteiger partial charge in [0.1, 0.15) is 10.6 Å². The fourth-order valence-electron chi connectivity index (χ4n) is 5.01. The first-order valence-corrected chi connectivity index (χ1v) is 11.0. The number of carboxylic acids is 1. The van der Waals surface area contributed by atoms with Gasteiger partial charge in [-0.25, -0.2) is 0 Å². The van der Waals surface area contributed by atoms with E-state index >= 15 is 0 Å². The number of nitro benzene ring substituents is 1. The number of carbonyl (C=O) groups is 3. The van der Waals surface area contributed by atoms with E-state index in [0.29, 0.717) is 17.5 Å². The minimum Gasteiger partial charge on any atom is -0.480 e. The van der Waals surface area contributed by atoms with E-state index in [0.717, 1.165) is 4.90 Å². The molecular formula is C24H22ClN3O6. The number of nitrogens with one attached hydrogen (secondary N) is 1. The molecular weight excluding hydrogens is 462 g/mol. The monoisotopic (exact) mass is 483 g/mol. The van der Waals surface area contributed by atoms with Crippen molar-refractivity contribution in [3.05, 3.63) is 87.4 Å². The Labute approximate surface area is 200 Å². The highest BCUT2D eigenvalue weighted by atomic mass is 35.5. The van der Waals surface area contributed by atoms with E-state index < -0.39 is 46.1 Å². The number of rotatable bonds is 8. The van der Waals surface area contributed by atoms with Gasteiger partial charge in [0.05, 0.1) is 16.8 Å². The molecule has 0 bridgehead atoms. The van der Waals surface area contributed by atoms with Gasteiger partial charge in [0, 0.05) is 25.1 Å². The van der Waals surface area contributed by atoms with Crippen LogP contribution in [0.5, 0.6) is 0 Å². The molecule has 34 heavy (non-hydrogen) atoms. The predicted molar refractivity (Wildman–Crippen MR) is 123 cm³/mol. The van der Waals surface area contributed by atoms with E-state index in [-0.39, 0.29) is 23.7 Å². The van der Waals surface area contributed by atoms with Crippen LogP contribution in [0.15, 0.2) is 61.2 Å². The molecule has 2 fully saturated rings. The number of aliphatic carboxylic acids is 1. The molecule has 2 heterocycles. The summed E-state index contributed by atoms with van der Waals surface area (Å²) in [5.74, 6) is -4.60. The van der Waals surface area contributed by atoms with Gasteiger partial charge in [0.25, 0.3) is 5.69 Å². The molecule has 0 radical (unpaired) electrons. The highest BCUT2D eigenvalue weighted by Crippen LogP contribution is 2.50. The number of amides is 2. The molecule has 4 unspecified atom stereocenters. The van der Waals surface area contributed by atoms with Crippen molar-refractivity contribution >= 4 is 35.1 Å². The number of fused-ring (bicyclic) bond motifs is 1. The van der Waals surface area contributed by atoms with Crippen molar-refractivity contribution in [3.8, 4) is 0 Å². The van der Waals surface area contributed by atoms with Gasteiger partial charge < -0.3 is 5.11 Å². The number of nitrogens with zero attached hydrogens (tertiary/aromatic N) is 2. The summed E-state index contributed by atoms with van der Waals surface area (Å²) in [5.41, 5.74) is -1.17. The van der Waals surface area contributed by atoms with E-state index in [1.165, 1.54) is 18.2 Å². The van der Waals surface area contributed by atoms with Gasteiger partial charge in [0.15, 0.2) is 0 Å². The first-order chi connectivity index (χ1) is 16.2. The van der Waals surface area contributed by atoms with Crippen molar-refractivity contribution in [1.82, 2.24) is 10.2 Å². The zero-order valence-corrected chi connectivity index (χ0v) is 18.8. The summed E-state index contributed by atoms with van der Waals surface area (Å²) < 4.78 is 0. The number of hydrogen-bond donors (Lipinski definition) is 2. The standard InChI is InChI=1S/C24H22ClN3O6/c1-2-3-11-27-21(29)18-19(22(27)30)24(23(31)32,13-14-7-5-4-6-8-14)26-20(18)15-9-10-16(25)17(12-15)28(33)34/h2,4-10,12,18-20,26H,1,3,11,13H2,(H,31,32). The normalized spacial score (nSPS) is 25.9. The summed E-state index contributed by atoms with van der Waals surface area (Å²) in [5, 5.41) is 24.8. The number of carboxylic acid groups (broad SMARTS) is 1. The maximum atomic E-state index is 13.5. The molecule has 2 aliphatic heterocycles. The molecule has 2 aliphatic rings. The maximum Gasteiger partial charge on any atom is 0.325 e. The third-order valence-electron chi connectivity index (χ3n) is 6.54. The highest BCUT2D eigenvalue weighted by Gasteiger charge is 2.68. The van der Waals surface area contributed by atoms with Crippen LogP contribution in [0.1, 0.15) is 23.6 Å². The lowest BCUT2D eigenvalue weighted by atomic mass is 9.76. The first-order valence-electron chi connectivity index (χ1n) is 10.7. The SMILES string of the molecule is C=CCCN1C(=O)C2C(c3ccc(Cl)c([N+](=O)[O-])c3)NC(Cc3ccccc3)(C(=O)O)C2C1=O. The quantitative estimate of drug-likeness (QED) is 0.255. The molecule has 2 saturated heterocycles. The number of halogens is 1. The first kappa shape index (κ1) is 23.6. The second kappa shape index (κ2) is 9.00. The van der Waals surface area contributed by atoms with Crippen molar-refractivity contribution in [3.63, 3.8) is 0 Å². The number of benzene rings is 2. The van der Waals surface area contributed by atoms with Crippen LogP contribution in [0.3, 0.4) is 0 Å². The van der Waals surface area contributed by atoms with Crippen molar-refractivity contribution in [2.24, 2.45) is 11.8 Å². The van der Waals surface area contributed by atoms with E-state index in [4.69, 9.17) is 11.6 Å². The Morgan fingerprint density at radius 1 is 1.24 bits per heavy atom. The molecule has 2 aromatic carbocycles. The van der Waals surface area contributed by atoms with E-state index in [1.807, 2.05) is 0 Å². The molecule has 4 atom stereocenters. The third-order valence-corrected chi connectivity index (χ3v) is 6.86. The average Bonchev–Trinajstić information content (AvgIpc) is 3.27. The molecule has 10 heteroatoms. The fourth-order valence-corrected chi connectivity index (χ4v) is 5.19. The van der Waals surface area contributed by atoms with Crippen LogP contribution in [0.25, 0.3) is 0 Å². The number of likely N-dealkylation sites (tertiary alicyclic amines) is 1. The van der Waals surface area contributed by atoms with Crippen LogP contribution >= 0.6 is 11.6 Å². The Kier molecular flexibility index (Phi) is 6.24. The van der Waals surface area contributed by atoms with Gasteiger partial charge in [0.2, 0.25) is 11.8 Å². The second-order valence-electron chi connectivity index (χ2n) is 8.44. The molecule has 2 N–H and O–H groups in total. The lowest BCUT2D eigenvalue weighted by molar-refractivity contribution is -0.384. The molecule has 0 saturated carbocycles. The zero-order chi connectivity index (χ0) is 24.6. The summed E-state index contributed by atoms with van der Waals surface area (Å²) in [7, 11) is 0. The Morgan fingerprint density at radius 2 is 1.94 bits per heavy atom. The molecule has 2 amide bonds. The zero-order valence-electron chi connectivity index (χ0n) is 18.0. The van der Waals surface area contributed by atoms with Gasteiger partial charge in [-0.3, -0.25) is 34.7 Å². The van der Waals surface area contributed by atoms with Crippen molar-refractivity contribution in [2.75, 3.05) is 6.54 Å². The van der Waals surface area contributed by atoms with Crippen LogP contribution in [0.4, 0.5) is 5.69 Å². The number of imide groups is 1. The minimum atomic E-state index is -1.79. The topological polar surface area (TPSA) is 130 Å². The van der Waals surface area contributed by atoms with E-state index in [9.17, 15) is 29.6 Å². The van der Waals surface area contributed by atoms with Gasteiger partial charge >= 0.3 is 5.97 Å². The van der Waals surface area contributed by atoms with Gasteiger partial charge in [-0.2, -0.15) is 0 Å². The smallest absolute Gasteiger partial charge is 0.325 e. The Hall–Kier alpha value is -3.56. The molecule has 0 aromatic heterocycles. The number of hydrogen-bond acceptors (Lipinski definition) is 6. The number of nitro groups is 1. The fraction of sp³-hybridized carbons (Fsp3) is 0.292. The van der Waals surface area contributed by atoms with Gasteiger partial charge in [-0.1, -0.05) is 54.1 Å². The molecule has 0 aliphatic carbocycles. The average molecular weight is 484 g/mol. The molecule has 0 spiro atoms. The summed E-state index contributed by atoms with van der Waals surface area (Å²) in [4.78, 5) is 51.5. The predicted octanol–water partition coefficient (Wildman–Crippen LogP) is 3.14. The maximum absolute atomic E-state index is 13.5. The lowest BCUT2D eigenvalue weighted by Gasteiger charge is -2.31. The van der Waals surface area contributed by atoms with Crippen LogP contribution < -0.4 is 5.32 Å². The summed E-state index contributed by atoms with van der Waals surface area (Å²) in [6, 6.07) is 11.9. The Morgan fingerprint density at radius 3 is 2.56 bits per heavy atom. The second-order valence-corrected chi connectivity index (χ2v) is 8.84. The van der Waals surface area contributed by atoms with Crippen molar-refractivity contribution in [2.45, 2.75) is 24.4 Å². The third kappa shape index (κ3) is 3.76. The lowest BCUT2D eigenvalue weighted by Crippen LogP contribution is -2.57. The van der Waals surface area contributed by atoms with Crippen molar-refractivity contribution < 1.29 is 24.4 Å². The van der Waals surface area contributed by atoms with Gasteiger partial charge in [-0.05, 0) is 23.6 Å².